The third-order valence-corrected chi connectivity index (χ3v) is 6.07. The van der Waals surface area contributed by atoms with Gasteiger partial charge in [0, 0.05) is 5.56 Å². The number of hydrogen-bond acceptors (Lipinski definition) is 6. The summed E-state index contributed by atoms with van der Waals surface area (Å²) in [6, 6.07) is 8.80. The fourth-order valence-electron chi connectivity index (χ4n) is 4.14. The second-order valence-corrected chi connectivity index (χ2v) is 10.6. The lowest BCUT2D eigenvalue weighted by Crippen LogP contribution is -2.17. The zero-order valence-electron chi connectivity index (χ0n) is 21.9. The molecule has 0 unspecified atom stereocenters. The standard InChI is InChI=1S/C29H24F6O6/c1-27(2,3)13-21(36)15-7-8-22-20(11-15)26(38)39-14-16-5-4-6-23(24(16)40-22)41-25(37)17-9-18(28(30,31)32)12-19(10-17)29(33,34)35/h4-12,21,36H,13-14H2,1-3H3/t21-/m0/s1. The van der Waals surface area contributed by atoms with Crippen LogP contribution in [-0.2, 0) is 23.7 Å². The van der Waals surface area contributed by atoms with Crippen LogP contribution in [0.5, 0.6) is 17.2 Å². The number of ether oxygens (including phenoxy) is 3. The lowest BCUT2D eigenvalue weighted by molar-refractivity contribution is -0.143. The van der Waals surface area contributed by atoms with E-state index >= 15 is 0 Å². The van der Waals surface area contributed by atoms with Crippen LogP contribution in [-0.4, -0.2) is 17.0 Å². The summed E-state index contributed by atoms with van der Waals surface area (Å²) >= 11 is 0. The van der Waals surface area contributed by atoms with Gasteiger partial charge in [-0.05, 0) is 53.8 Å². The smallest absolute Gasteiger partial charge is 0.416 e. The number of esters is 2. The van der Waals surface area contributed by atoms with Gasteiger partial charge in [0.1, 0.15) is 17.9 Å². The molecule has 1 heterocycles. The molecule has 1 N–H and O–H groups in total. The van der Waals surface area contributed by atoms with E-state index in [9.17, 15) is 41.0 Å². The van der Waals surface area contributed by atoms with Gasteiger partial charge in [-0.2, -0.15) is 26.3 Å². The number of halogens is 6. The Kier molecular flexibility index (Phi) is 7.83. The number of carbonyl (C=O) groups excluding carboxylic acids is 2. The van der Waals surface area contributed by atoms with Crippen LogP contribution in [0, 0.1) is 5.41 Å². The van der Waals surface area contributed by atoms with E-state index in [0.29, 0.717) is 12.0 Å². The Morgan fingerprint density at radius 1 is 0.951 bits per heavy atom. The number of hydrogen-bond donors (Lipinski definition) is 1. The molecule has 0 fully saturated rings. The summed E-state index contributed by atoms with van der Waals surface area (Å²) in [7, 11) is 0. The van der Waals surface area contributed by atoms with Gasteiger partial charge >= 0.3 is 24.3 Å². The number of para-hydroxylation sites is 1. The van der Waals surface area contributed by atoms with E-state index in [1.54, 1.807) is 0 Å². The molecule has 218 valence electrons. The van der Waals surface area contributed by atoms with Crippen LogP contribution in [0.3, 0.4) is 0 Å². The summed E-state index contributed by atoms with van der Waals surface area (Å²) in [5.41, 5.74) is -3.97. The number of benzene rings is 3. The molecule has 6 nitrogen and oxygen atoms in total. The minimum Gasteiger partial charge on any atom is -0.457 e. The summed E-state index contributed by atoms with van der Waals surface area (Å²) in [6.07, 6.45) is -10.8. The van der Waals surface area contributed by atoms with Gasteiger partial charge in [0.15, 0.2) is 11.5 Å². The first-order valence-corrected chi connectivity index (χ1v) is 12.2. The fourth-order valence-corrected chi connectivity index (χ4v) is 4.14. The topological polar surface area (TPSA) is 82.1 Å². The largest absolute Gasteiger partial charge is 0.457 e. The molecule has 0 bridgehead atoms. The maximum atomic E-state index is 13.3. The van der Waals surface area contributed by atoms with Gasteiger partial charge in [-0.3, -0.25) is 0 Å². The van der Waals surface area contributed by atoms with Crippen LogP contribution < -0.4 is 9.47 Å². The predicted octanol–water partition coefficient (Wildman–Crippen LogP) is 7.88. The van der Waals surface area contributed by atoms with Crippen molar-refractivity contribution in [3.05, 3.63) is 88.0 Å². The highest BCUT2D eigenvalue weighted by Gasteiger charge is 2.38. The highest BCUT2D eigenvalue weighted by atomic mass is 19.4. The minimum atomic E-state index is -5.16. The molecule has 3 aromatic rings. The Balaban J connectivity index is 1.70. The van der Waals surface area contributed by atoms with Crippen molar-refractivity contribution < 1.29 is 55.2 Å². The van der Waals surface area contributed by atoms with Crippen LogP contribution in [0.4, 0.5) is 26.3 Å². The Morgan fingerprint density at radius 3 is 2.17 bits per heavy atom. The summed E-state index contributed by atoms with van der Waals surface area (Å²) in [5.74, 6) is -2.77. The quantitative estimate of drug-likeness (QED) is 0.192. The van der Waals surface area contributed by atoms with Gasteiger partial charge in [0.05, 0.1) is 22.8 Å². The van der Waals surface area contributed by atoms with Crippen LogP contribution in [0.2, 0.25) is 0 Å². The maximum Gasteiger partial charge on any atom is 0.416 e. The van der Waals surface area contributed by atoms with E-state index in [1.165, 1.54) is 36.4 Å². The molecular formula is C29H24F6O6. The van der Waals surface area contributed by atoms with Crippen LogP contribution in [0.15, 0.2) is 54.6 Å². The molecule has 3 aromatic carbocycles. The average molecular weight is 582 g/mol. The molecule has 0 saturated heterocycles. The molecule has 1 aliphatic rings. The first-order chi connectivity index (χ1) is 18.9. The van der Waals surface area contributed by atoms with E-state index in [1.807, 2.05) is 20.8 Å². The van der Waals surface area contributed by atoms with Crippen molar-refractivity contribution in [3.8, 4) is 17.2 Å². The molecule has 0 amide bonds. The second-order valence-electron chi connectivity index (χ2n) is 10.6. The Bertz CT molecular complexity index is 1450. The lowest BCUT2D eigenvalue weighted by Gasteiger charge is -2.24. The van der Waals surface area contributed by atoms with Crippen LogP contribution in [0.25, 0.3) is 0 Å². The van der Waals surface area contributed by atoms with Crippen molar-refractivity contribution >= 4 is 11.9 Å². The number of aliphatic hydroxyl groups excluding tert-OH is 1. The molecule has 0 spiro atoms. The molecule has 0 aliphatic carbocycles. The van der Waals surface area contributed by atoms with Crippen molar-refractivity contribution in [1.82, 2.24) is 0 Å². The average Bonchev–Trinajstić information content (AvgIpc) is 2.85. The second kappa shape index (κ2) is 10.7. The summed E-state index contributed by atoms with van der Waals surface area (Å²) < 4.78 is 96.1. The highest BCUT2D eigenvalue weighted by molar-refractivity contribution is 5.94. The summed E-state index contributed by atoms with van der Waals surface area (Å²) in [6.45, 7) is 5.45. The Hall–Kier alpha value is -4.06. The van der Waals surface area contributed by atoms with E-state index in [-0.39, 0.29) is 58.6 Å². The van der Waals surface area contributed by atoms with Crippen molar-refractivity contribution in [2.24, 2.45) is 5.41 Å². The SMILES string of the molecule is CC(C)(C)C[C@H](O)c1ccc2c(c1)C(=O)OCc1cccc(OC(=O)c3cc(C(F)(F)F)cc(C(F)(F)F)c3)c1O2. The van der Waals surface area contributed by atoms with E-state index in [2.05, 4.69) is 0 Å². The zero-order chi connectivity index (χ0) is 30.3. The lowest BCUT2D eigenvalue weighted by atomic mass is 9.86. The molecule has 1 aliphatic heterocycles. The predicted molar refractivity (Wildman–Crippen MR) is 133 cm³/mol. The number of rotatable bonds is 4. The molecule has 1 atom stereocenters. The zero-order valence-corrected chi connectivity index (χ0v) is 21.9. The van der Waals surface area contributed by atoms with Gasteiger partial charge in [-0.15, -0.1) is 0 Å². The molecule has 0 saturated carbocycles. The van der Waals surface area contributed by atoms with Crippen LogP contribution >= 0.6 is 0 Å². The first-order valence-electron chi connectivity index (χ1n) is 12.2. The number of alkyl halides is 6. The maximum absolute atomic E-state index is 13.3. The Morgan fingerprint density at radius 2 is 1.59 bits per heavy atom. The molecule has 0 radical (unpaired) electrons. The van der Waals surface area contributed by atoms with Gasteiger partial charge in [-0.1, -0.05) is 39.0 Å². The first kappa shape index (κ1) is 29.9. The van der Waals surface area contributed by atoms with Gasteiger partial charge in [0.25, 0.3) is 0 Å². The van der Waals surface area contributed by atoms with Crippen molar-refractivity contribution in [3.63, 3.8) is 0 Å². The molecular weight excluding hydrogens is 558 g/mol. The van der Waals surface area contributed by atoms with Crippen molar-refractivity contribution in [2.75, 3.05) is 0 Å². The highest BCUT2D eigenvalue weighted by Crippen LogP contribution is 2.41. The third kappa shape index (κ3) is 6.99. The normalized spacial score (nSPS) is 14.5. The molecule has 4 rings (SSSR count). The minimum absolute atomic E-state index is 0.0374. The summed E-state index contributed by atoms with van der Waals surface area (Å²) in [5, 5.41) is 10.6. The molecule has 12 heteroatoms. The van der Waals surface area contributed by atoms with Gasteiger partial charge < -0.3 is 19.3 Å². The molecule has 0 aromatic heterocycles. The Labute approximate surface area is 230 Å². The van der Waals surface area contributed by atoms with Crippen molar-refractivity contribution in [2.45, 2.75) is 52.3 Å². The van der Waals surface area contributed by atoms with Crippen molar-refractivity contribution in [1.29, 1.82) is 0 Å². The fraction of sp³-hybridized carbons (Fsp3) is 0.310. The summed E-state index contributed by atoms with van der Waals surface area (Å²) in [4.78, 5) is 25.6. The van der Waals surface area contributed by atoms with E-state index < -0.39 is 47.1 Å². The number of cyclic esters (lactones) is 1. The number of aliphatic hydroxyl groups is 1. The monoisotopic (exact) mass is 582 g/mol. The van der Waals surface area contributed by atoms with Crippen LogP contribution in [0.1, 0.15) is 76.3 Å². The number of fused-ring (bicyclic) bond motifs is 2. The van der Waals surface area contributed by atoms with Gasteiger partial charge in [0.2, 0.25) is 0 Å². The molecule has 41 heavy (non-hydrogen) atoms. The van der Waals surface area contributed by atoms with Gasteiger partial charge in [-0.25, -0.2) is 9.59 Å². The van der Waals surface area contributed by atoms with E-state index in [0.717, 1.165) is 0 Å². The number of carbonyl (C=O) groups is 2. The third-order valence-electron chi connectivity index (χ3n) is 6.07. The van der Waals surface area contributed by atoms with E-state index in [4.69, 9.17) is 14.2 Å².